The number of rotatable bonds is 2. The molecule has 1 aromatic carbocycles. The molecule has 0 fully saturated rings. The summed E-state index contributed by atoms with van der Waals surface area (Å²) < 4.78 is 1.84. The van der Waals surface area contributed by atoms with Crippen LogP contribution >= 0.6 is 0 Å². The third kappa shape index (κ3) is 1.37. The fourth-order valence-electron chi connectivity index (χ4n) is 1.48. The number of nitrogens with two attached hydrogens (primary N) is 1. The lowest BCUT2D eigenvalue weighted by atomic mass is 10.2. The number of carbonyl (C=O) groups excluding carboxylic acids is 1. The third-order valence-electron chi connectivity index (χ3n) is 2.43. The molecule has 0 spiro atoms. The fourth-order valence-corrected chi connectivity index (χ4v) is 1.48. The summed E-state index contributed by atoms with van der Waals surface area (Å²) >= 11 is 0. The van der Waals surface area contributed by atoms with Crippen LogP contribution in [0.4, 0.5) is 0 Å². The van der Waals surface area contributed by atoms with E-state index in [1.807, 2.05) is 41.2 Å². The van der Waals surface area contributed by atoms with Gasteiger partial charge < -0.3 is 10.3 Å². The Morgan fingerprint density at radius 2 is 1.79 bits per heavy atom. The molecule has 1 heterocycles. The molecule has 2 N–H and O–H groups in total. The normalized spacial score (nSPS) is 12.9. The first-order valence-electron chi connectivity index (χ1n) is 4.54. The summed E-state index contributed by atoms with van der Waals surface area (Å²) in [5.74, 6) is -0.315. The molecular formula is C11H12N2O. The quantitative estimate of drug-likeness (QED) is 0.765. The van der Waals surface area contributed by atoms with Gasteiger partial charge in [-0.15, -0.1) is 0 Å². The molecule has 1 aromatic heterocycles. The van der Waals surface area contributed by atoms with Gasteiger partial charge in [0.25, 0.3) is 0 Å². The van der Waals surface area contributed by atoms with Crippen molar-refractivity contribution < 1.29 is 4.79 Å². The predicted octanol–water partition coefficient (Wildman–Crippen LogP) is 1.69. The molecule has 3 heteroatoms. The Morgan fingerprint density at radius 1 is 1.29 bits per heavy atom. The van der Waals surface area contributed by atoms with E-state index in [0.29, 0.717) is 0 Å². The van der Waals surface area contributed by atoms with Crippen LogP contribution in [0.1, 0.15) is 13.0 Å². The minimum absolute atomic E-state index is 0.289. The molecule has 0 aliphatic heterocycles. The molecule has 1 amide bonds. The van der Waals surface area contributed by atoms with Gasteiger partial charge in [-0.05, 0) is 17.7 Å². The average Bonchev–Trinajstić information content (AvgIpc) is 2.59. The van der Waals surface area contributed by atoms with Gasteiger partial charge in [-0.25, -0.2) is 0 Å². The zero-order valence-corrected chi connectivity index (χ0v) is 7.97. The highest BCUT2D eigenvalue weighted by atomic mass is 16.1. The van der Waals surface area contributed by atoms with Crippen molar-refractivity contribution >= 4 is 16.7 Å². The van der Waals surface area contributed by atoms with Crippen LogP contribution < -0.4 is 5.73 Å². The van der Waals surface area contributed by atoms with Crippen LogP contribution in [0, 0.1) is 0 Å². The summed E-state index contributed by atoms with van der Waals surface area (Å²) in [7, 11) is 0. The van der Waals surface area contributed by atoms with E-state index in [1.54, 1.807) is 6.92 Å². The molecule has 2 rings (SSSR count). The highest BCUT2D eigenvalue weighted by Crippen LogP contribution is 2.17. The van der Waals surface area contributed by atoms with E-state index in [1.165, 1.54) is 0 Å². The molecule has 0 aliphatic carbocycles. The van der Waals surface area contributed by atoms with E-state index in [0.717, 1.165) is 10.8 Å². The van der Waals surface area contributed by atoms with Crippen LogP contribution in [0.2, 0.25) is 0 Å². The summed E-state index contributed by atoms with van der Waals surface area (Å²) in [6.45, 7) is 1.79. The summed E-state index contributed by atoms with van der Waals surface area (Å²) in [6.07, 6.45) is 3.87. The molecule has 3 nitrogen and oxygen atoms in total. The van der Waals surface area contributed by atoms with Gasteiger partial charge in [0.15, 0.2) is 0 Å². The second kappa shape index (κ2) is 3.18. The first kappa shape index (κ1) is 8.81. The number of hydrogen-bond donors (Lipinski definition) is 1. The van der Waals surface area contributed by atoms with E-state index >= 15 is 0 Å². The standard InChI is InChI=1S/C11H12N2O/c1-8(11(12)14)13-6-9-4-2-3-5-10(9)7-13/h2-8H,1H3,(H2,12,14). The fraction of sp³-hybridized carbons (Fsp3) is 0.182. The number of benzene rings is 1. The Morgan fingerprint density at radius 3 is 2.21 bits per heavy atom. The van der Waals surface area contributed by atoms with Crippen molar-refractivity contribution in [2.75, 3.05) is 0 Å². The molecule has 0 bridgehead atoms. The van der Waals surface area contributed by atoms with Crippen molar-refractivity contribution in [1.29, 1.82) is 0 Å². The number of carbonyl (C=O) groups is 1. The molecule has 14 heavy (non-hydrogen) atoms. The lowest BCUT2D eigenvalue weighted by molar-refractivity contribution is -0.120. The van der Waals surface area contributed by atoms with Gasteiger partial charge in [-0.3, -0.25) is 4.79 Å². The second-order valence-electron chi connectivity index (χ2n) is 3.41. The first-order valence-corrected chi connectivity index (χ1v) is 4.54. The van der Waals surface area contributed by atoms with Crippen LogP contribution in [-0.2, 0) is 4.79 Å². The van der Waals surface area contributed by atoms with Crippen molar-refractivity contribution in [2.24, 2.45) is 5.73 Å². The maximum absolute atomic E-state index is 11.0. The van der Waals surface area contributed by atoms with Crippen LogP contribution in [0.5, 0.6) is 0 Å². The molecule has 0 radical (unpaired) electrons. The largest absolute Gasteiger partial charge is 0.368 e. The predicted molar refractivity (Wildman–Crippen MR) is 55.8 cm³/mol. The molecule has 0 aliphatic rings. The topological polar surface area (TPSA) is 48.0 Å². The van der Waals surface area contributed by atoms with Crippen LogP contribution in [0.25, 0.3) is 10.8 Å². The van der Waals surface area contributed by atoms with Crippen molar-refractivity contribution in [1.82, 2.24) is 4.57 Å². The molecule has 0 saturated carbocycles. The molecule has 72 valence electrons. The molecule has 1 unspecified atom stereocenters. The van der Waals surface area contributed by atoms with Gasteiger partial charge >= 0.3 is 0 Å². The Kier molecular flexibility index (Phi) is 2.00. The minimum Gasteiger partial charge on any atom is -0.368 e. The minimum atomic E-state index is -0.315. The number of primary amides is 1. The lowest BCUT2D eigenvalue weighted by Gasteiger charge is -2.07. The molecular weight excluding hydrogens is 176 g/mol. The summed E-state index contributed by atoms with van der Waals surface area (Å²) in [5.41, 5.74) is 5.23. The Labute approximate surface area is 82.1 Å². The lowest BCUT2D eigenvalue weighted by Crippen LogP contribution is -2.22. The number of fused-ring (bicyclic) bond motifs is 1. The summed E-state index contributed by atoms with van der Waals surface area (Å²) in [5, 5.41) is 2.25. The SMILES string of the molecule is CC(C(N)=O)n1cc2ccccc2c1. The van der Waals surface area contributed by atoms with E-state index in [4.69, 9.17) is 5.73 Å². The number of amides is 1. The molecule has 1 atom stereocenters. The molecule has 0 saturated heterocycles. The number of hydrogen-bond acceptors (Lipinski definition) is 1. The van der Waals surface area contributed by atoms with Crippen LogP contribution in [0.3, 0.4) is 0 Å². The first-order chi connectivity index (χ1) is 6.68. The van der Waals surface area contributed by atoms with E-state index in [-0.39, 0.29) is 11.9 Å². The Bertz CT molecular complexity index is 440. The van der Waals surface area contributed by atoms with Crippen molar-refractivity contribution in [3.8, 4) is 0 Å². The van der Waals surface area contributed by atoms with Gasteiger partial charge in [-0.2, -0.15) is 0 Å². The number of nitrogens with zero attached hydrogens (tertiary/aromatic N) is 1. The van der Waals surface area contributed by atoms with Gasteiger partial charge in [0.2, 0.25) is 5.91 Å². The van der Waals surface area contributed by atoms with E-state index in [2.05, 4.69) is 0 Å². The zero-order chi connectivity index (χ0) is 10.1. The smallest absolute Gasteiger partial charge is 0.240 e. The van der Waals surface area contributed by atoms with Gasteiger partial charge in [0.05, 0.1) is 0 Å². The van der Waals surface area contributed by atoms with Crippen LogP contribution in [0.15, 0.2) is 36.7 Å². The van der Waals surface area contributed by atoms with E-state index < -0.39 is 0 Å². The third-order valence-corrected chi connectivity index (χ3v) is 2.43. The van der Waals surface area contributed by atoms with Crippen molar-refractivity contribution in [3.63, 3.8) is 0 Å². The van der Waals surface area contributed by atoms with Crippen LogP contribution in [-0.4, -0.2) is 10.5 Å². The monoisotopic (exact) mass is 188 g/mol. The average molecular weight is 188 g/mol. The summed E-state index contributed by atoms with van der Waals surface area (Å²) in [6, 6.07) is 7.69. The summed E-state index contributed by atoms with van der Waals surface area (Å²) in [4.78, 5) is 11.0. The highest BCUT2D eigenvalue weighted by Gasteiger charge is 2.10. The van der Waals surface area contributed by atoms with Crippen molar-refractivity contribution in [3.05, 3.63) is 36.7 Å². The second-order valence-corrected chi connectivity index (χ2v) is 3.41. The number of aromatic nitrogens is 1. The maximum Gasteiger partial charge on any atom is 0.240 e. The zero-order valence-electron chi connectivity index (χ0n) is 7.97. The van der Waals surface area contributed by atoms with Crippen molar-refractivity contribution in [2.45, 2.75) is 13.0 Å². The Hall–Kier alpha value is -1.77. The van der Waals surface area contributed by atoms with Gasteiger partial charge in [0, 0.05) is 12.4 Å². The van der Waals surface area contributed by atoms with Gasteiger partial charge in [-0.1, -0.05) is 24.3 Å². The van der Waals surface area contributed by atoms with E-state index in [9.17, 15) is 4.79 Å². The highest BCUT2D eigenvalue weighted by molar-refractivity contribution is 5.84. The maximum atomic E-state index is 11.0. The Balaban J connectivity index is 2.50. The van der Waals surface area contributed by atoms with Gasteiger partial charge in [0.1, 0.15) is 6.04 Å². The molecule has 2 aromatic rings.